The van der Waals surface area contributed by atoms with E-state index in [-0.39, 0.29) is 4.90 Å². The second-order valence-electron chi connectivity index (χ2n) is 3.47. The van der Waals surface area contributed by atoms with E-state index >= 15 is 0 Å². The van der Waals surface area contributed by atoms with Crippen molar-refractivity contribution in [1.82, 2.24) is 9.19 Å². The molecule has 2 rings (SSSR count). The number of halogens is 2. The molecular formula is C10H8F2N2O2S. The highest BCUT2D eigenvalue weighted by Gasteiger charge is 2.19. The number of aromatic nitrogens is 2. The van der Waals surface area contributed by atoms with Crippen LogP contribution in [0.15, 0.2) is 35.5 Å². The molecule has 17 heavy (non-hydrogen) atoms. The Kier molecular flexibility index (Phi) is 2.70. The molecule has 0 N–H and O–H groups in total. The lowest BCUT2D eigenvalue weighted by Crippen LogP contribution is -2.13. The summed E-state index contributed by atoms with van der Waals surface area (Å²) in [6, 6.07) is 2.38. The molecule has 0 fully saturated rings. The normalized spacial score (nSPS) is 11.7. The number of hydrogen-bond acceptors (Lipinski definition) is 3. The number of benzene rings is 1. The molecule has 90 valence electrons. The minimum Gasteiger partial charge on any atom is -0.204 e. The Morgan fingerprint density at radius 1 is 1.24 bits per heavy atom. The molecule has 1 heterocycles. The molecule has 2 aromatic rings. The van der Waals surface area contributed by atoms with E-state index in [1.54, 1.807) is 6.92 Å². The standard InChI is InChI=1S/C10H8F2N2O2S/c1-7-5-13-14(6-7)17(15,16)8-2-3-9(11)10(12)4-8/h2-6H,1H3. The van der Waals surface area contributed by atoms with Crippen LogP contribution in [0.5, 0.6) is 0 Å². The smallest absolute Gasteiger partial charge is 0.204 e. The van der Waals surface area contributed by atoms with Gasteiger partial charge < -0.3 is 0 Å². The number of aryl methyl sites for hydroxylation is 1. The van der Waals surface area contributed by atoms with E-state index in [4.69, 9.17) is 0 Å². The molecular weight excluding hydrogens is 250 g/mol. The Bertz CT molecular complexity index is 665. The van der Waals surface area contributed by atoms with Crippen molar-refractivity contribution in [3.05, 3.63) is 47.8 Å². The van der Waals surface area contributed by atoms with Crippen molar-refractivity contribution in [3.8, 4) is 0 Å². The van der Waals surface area contributed by atoms with Crippen molar-refractivity contribution in [3.63, 3.8) is 0 Å². The minimum atomic E-state index is -3.96. The number of hydrogen-bond donors (Lipinski definition) is 0. The Labute approximate surface area is 96.6 Å². The van der Waals surface area contributed by atoms with Gasteiger partial charge in [0.25, 0.3) is 10.0 Å². The molecule has 0 unspecified atom stereocenters. The van der Waals surface area contributed by atoms with Gasteiger partial charge in [0.15, 0.2) is 11.6 Å². The summed E-state index contributed by atoms with van der Waals surface area (Å²) in [5, 5.41) is 3.63. The van der Waals surface area contributed by atoms with Crippen molar-refractivity contribution < 1.29 is 17.2 Å². The van der Waals surface area contributed by atoms with E-state index < -0.39 is 21.7 Å². The first-order valence-corrected chi connectivity index (χ1v) is 6.07. The molecule has 0 saturated carbocycles. The first-order chi connectivity index (χ1) is 7.91. The SMILES string of the molecule is Cc1cnn(S(=O)(=O)c2ccc(F)c(F)c2)c1. The van der Waals surface area contributed by atoms with Crippen LogP contribution in [0.3, 0.4) is 0 Å². The van der Waals surface area contributed by atoms with E-state index in [1.807, 2.05) is 0 Å². The van der Waals surface area contributed by atoms with Crippen LogP contribution in [0, 0.1) is 18.6 Å². The molecule has 0 bridgehead atoms. The Hall–Kier alpha value is -1.76. The maximum Gasteiger partial charge on any atom is 0.283 e. The van der Waals surface area contributed by atoms with E-state index in [0.29, 0.717) is 11.6 Å². The predicted octanol–water partition coefficient (Wildman–Crippen LogP) is 1.71. The van der Waals surface area contributed by atoms with Gasteiger partial charge in [0.2, 0.25) is 0 Å². The van der Waals surface area contributed by atoms with E-state index in [9.17, 15) is 17.2 Å². The zero-order chi connectivity index (χ0) is 12.6. The Morgan fingerprint density at radius 2 is 1.94 bits per heavy atom. The molecule has 0 atom stereocenters. The van der Waals surface area contributed by atoms with Gasteiger partial charge in [-0.25, -0.2) is 8.78 Å². The van der Waals surface area contributed by atoms with Crippen LogP contribution in [0.4, 0.5) is 8.78 Å². The Balaban J connectivity index is 2.56. The molecule has 7 heteroatoms. The van der Waals surface area contributed by atoms with E-state index in [1.165, 1.54) is 12.4 Å². The lowest BCUT2D eigenvalue weighted by Gasteiger charge is -2.04. The van der Waals surface area contributed by atoms with Gasteiger partial charge >= 0.3 is 0 Å². The van der Waals surface area contributed by atoms with Crippen molar-refractivity contribution >= 4 is 10.0 Å². The fourth-order valence-corrected chi connectivity index (χ4v) is 2.45. The third-order valence-electron chi connectivity index (χ3n) is 2.12. The molecule has 1 aromatic carbocycles. The molecule has 4 nitrogen and oxygen atoms in total. The second-order valence-corrected chi connectivity index (χ2v) is 5.27. The van der Waals surface area contributed by atoms with Crippen LogP contribution < -0.4 is 0 Å². The van der Waals surface area contributed by atoms with Crippen LogP contribution in [0.1, 0.15) is 5.56 Å². The zero-order valence-electron chi connectivity index (χ0n) is 8.76. The van der Waals surface area contributed by atoms with Gasteiger partial charge in [-0.15, -0.1) is 0 Å². The maximum atomic E-state index is 13.0. The number of rotatable bonds is 2. The van der Waals surface area contributed by atoms with Gasteiger partial charge in [0, 0.05) is 6.20 Å². The summed E-state index contributed by atoms with van der Waals surface area (Å²) in [5.74, 6) is -2.31. The van der Waals surface area contributed by atoms with Crippen LogP contribution in [-0.4, -0.2) is 17.6 Å². The van der Waals surface area contributed by atoms with Gasteiger partial charge in [-0.3, -0.25) is 0 Å². The van der Waals surface area contributed by atoms with Gasteiger partial charge in [-0.1, -0.05) is 0 Å². The first kappa shape index (κ1) is 11.7. The van der Waals surface area contributed by atoms with Gasteiger partial charge in [-0.2, -0.15) is 17.6 Å². The predicted molar refractivity (Wildman–Crippen MR) is 55.9 cm³/mol. The van der Waals surface area contributed by atoms with Crippen molar-refractivity contribution in [2.75, 3.05) is 0 Å². The summed E-state index contributed by atoms with van der Waals surface area (Å²) < 4.78 is 50.2. The van der Waals surface area contributed by atoms with Crippen LogP contribution in [-0.2, 0) is 10.0 Å². The molecule has 1 aromatic heterocycles. The molecule has 0 amide bonds. The first-order valence-electron chi connectivity index (χ1n) is 4.63. The Morgan fingerprint density at radius 3 is 2.47 bits per heavy atom. The summed E-state index contributed by atoms with van der Waals surface area (Å²) in [6.45, 7) is 1.67. The highest BCUT2D eigenvalue weighted by molar-refractivity contribution is 7.89. The second kappa shape index (κ2) is 3.92. The fraction of sp³-hybridized carbons (Fsp3) is 0.100. The summed E-state index contributed by atoms with van der Waals surface area (Å²) in [6.07, 6.45) is 2.65. The van der Waals surface area contributed by atoms with Crippen molar-refractivity contribution in [1.29, 1.82) is 0 Å². The summed E-state index contributed by atoms with van der Waals surface area (Å²) in [7, 11) is -3.96. The fourth-order valence-electron chi connectivity index (χ4n) is 1.27. The molecule has 0 saturated heterocycles. The van der Waals surface area contributed by atoms with E-state index in [2.05, 4.69) is 5.10 Å². The summed E-state index contributed by atoms with van der Waals surface area (Å²) in [4.78, 5) is -0.348. The van der Waals surface area contributed by atoms with Crippen LogP contribution >= 0.6 is 0 Å². The monoisotopic (exact) mass is 258 g/mol. The lowest BCUT2D eigenvalue weighted by molar-refractivity contribution is 0.504. The van der Waals surface area contributed by atoms with Crippen LogP contribution in [0.2, 0.25) is 0 Å². The third-order valence-corrected chi connectivity index (χ3v) is 3.67. The molecule has 0 aliphatic rings. The summed E-state index contributed by atoms with van der Waals surface area (Å²) in [5.41, 5.74) is 0.649. The van der Waals surface area contributed by atoms with Gasteiger partial charge in [0.05, 0.1) is 11.1 Å². The lowest BCUT2D eigenvalue weighted by atomic mass is 10.3. The molecule has 0 aliphatic heterocycles. The maximum absolute atomic E-state index is 13.0. The van der Waals surface area contributed by atoms with Gasteiger partial charge in [0.1, 0.15) is 0 Å². The van der Waals surface area contributed by atoms with Crippen LogP contribution in [0.25, 0.3) is 0 Å². The molecule has 0 aliphatic carbocycles. The average molecular weight is 258 g/mol. The molecule has 0 spiro atoms. The highest BCUT2D eigenvalue weighted by Crippen LogP contribution is 2.16. The van der Waals surface area contributed by atoms with E-state index in [0.717, 1.165) is 16.2 Å². The topological polar surface area (TPSA) is 52.0 Å². The number of nitrogens with zero attached hydrogens (tertiary/aromatic N) is 2. The quantitative estimate of drug-likeness (QED) is 0.824. The van der Waals surface area contributed by atoms with Crippen molar-refractivity contribution in [2.45, 2.75) is 11.8 Å². The largest absolute Gasteiger partial charge is 0.283 e. The molecule has 0 radical (unpaired) electrons. The van der Waals surface area contributed by atoms with Gasteiger partial charge in [-0.05, 0) is 30.7 Å². The minimum absolute atomic E-state index is 0.348. The van der Waals surface area contributed by atoms with Crippen molar-refractivity contribution in [2.24, 2.45) is 0 Å². The average Bonchev–Trinajstić information content (AvgIpc) is 2.69. The highest BCUT2D eigenvalue weighted by atomic mass is 32.2. The summed E-state index contributed by atoms with van der Waals surface area (Å²) >= 11 is 0. The third kappa shape index (κ3) is 2.05. The zero-order valence-corrected chi connectivity index (χ0v) is 9.58.